The zero-order chi connectivity index (χ0) is 13.0. The SMILES string of the molecule is Cc1cccc(C(=O)NCc2cccc(Br)c2)n1. The summed E-state index contributed by atoms with van der Waals surface area (Å²) in [6.07, 6.45) is 0. The molecule has 1 heterocycles. The Morgan fingerprint density at radius 3 is 2.78 bits per heavy atom. The summed E-state index contributed by atoms with van der Waals surface area (Å²) < 4.78 is 1.00. The van der Waals surface area contributed by atoms with E-state index in [0.29, 0.717) is 12.2 Å². The molecule has 0 bridgehead atoms. The van der Waals surface area contributed by atoms with Gasteiger partial charge in [0.15, 0.2) is 0 Å². The molecule has 4 heteroatoms. The van der Waals surface area contributed by atoms with Crippen molar-refractivity contribution < 1.29 is 4.79 Å². The molecule has 0 saturated carbocycles. The molecule has 0 aliphatic carbocycles. The van der Waals surface area contributed by atoms with Crippen molar-refractivity contribution in [2.75, 3.05) is 0 Å². The Kier molecular flexibility index (Phi) is 4.10. The van der Waals surface area contributed by atoms with E-state index in [1.165, 1.54) is 0 Å². The number of benzene rings is 1. The second kappa shape index (κ2) is 5.78. The van der Waals surface area contributed by atoms with Gasteiger partial charge < -0.3 is 5.32 Å². The highest BCUT2D eigenvalue weighted by molar-refractivity contribution is 9.10. The summed E-state index contributed by atoms with van der Waals surface area (Å²) in [4.78, 5) is 16.1. The van der Waals surface area contributed by atoms with Crippen molar-refractivity contribution in [3.63, 3.8) is 0 Å². The first-order chi connectivity index (χ1) is 8.65. The molecular formula is C14H13BrN2O. The minimum Gasteiger partial charge on any atom is -0.347 e. The summed E-state index contributed by atoms with van der Waals surface area (Å²) >= 11 is 3.40. The molecule has 92 valence electrons. The molecule has 1 aromatic heterocycles. The summed E-state index contributed by atoms with van der Waals surface area (Å²) in [5, 5.41) is 2.85. The Morgan fingerprint density at radius 1 is 1.28 bits per heavy atom. The van der Waals surface area contributed by atoms with E-state index in [1.807, 2.05) is 43.3 Å². The molecule has 3 nitrogen and oxygen atoms in total. The van der Waals surface area contributed by atoms with E-state index in [9.17, 15) is 4.79 Å². The van der Waals surface area contributed by atoms with Crippen LogP contribution in [0.2, 0.25) is 0 Å². The molecule has 1 aromatic carbocycles. The average molecular weight is 305 g/mol. The van der Waals surface area contributed by atoms with Gasteiger partial charge in [0, 0.05) is 16.7 Å². The summed E-state index contributed by atoms with van der Waals surface area (Å²) in [5.74, 6) is -0.154. The van der Waals surface area contributed by atoms with Crippen LogP contribution in [0.5, 0.6) is 0 Å². The normalized spacial score (nSPS) is 10.1. The number of carbonyl (C=O) groups excluding carboxylic acids is 1. The molecule has 0 aliphatic rings. The van der Waals surface area contributed by atoms with Gasteiger partial charge in [0.1, 0.15) is 5.69 Å². The molecule has 0 atom stereocenters. The lowest BCUT2D eigenvalue weighted by molar-refractivity contribution is 0.0945. The summed E-state index contributed by atoms with van der Waals surface area (Å²) in [5.41, 5.74) is 2.33. The molecule has 0 saturated heterocycles. The zero-order valence-corrected chi connectivity index (χ0v) is 11.6. The average Bonchev–Trinajstić information content (AvgIpc) is 2.36. The van der Waals surface area contributed by atoms with Crippen LogP contribution in [0.25, 0.3) is 0 Å². The van der Waals surface area contributed by atoms with Crippen molar-refractivity contribution in [2.24, 2.45) is 0 Å². The van der Waals surface area contributed by atoms with Crippen molar-refractivity contribution in [3.05, 3.63) is 63.9 Å². The van der Waals surface area contributed by atoms with Crippen LogP contribution in [-0.4, -0.2) is 10.9 Å². The highest BCUT2D eigenvalue weighted by Gasteiger charge is 2.06. The first kappa shape index (κ1) is 12.8. The van der Waals surface area contributed by atoms with Crippen LogP contribution in [-0.2, 0) is 6.54 Å². The molecule has 1 N–H and O–H groups in total. The van der Waals surface area contributed by atoms with E-state index in [-0.39, 0.29) is 5.91 Å². The third-order valence-corrected chi connectivity index (χ3v) is 2.96. The molecule has 2 aromatic rings. The number of halogens is 1. The first-order valence-electron chi connectivity index (χ1n) is 5.61. The number of pyridine rings is 1. The Bertz CT molecular complexity index is 569. The van der Waals surface area contributed by atoms with E-state index < -0.39 is 0 Å². The monoisotopic (exact) mass is 304 g/mol. The van der Waals surface area contributed by atoms with Crippen LogP contribution < -0.4 is 5.32 Å². The van der Waals surface area contributed by atoms with Crippen LogP contribution in [0.1, 0.15) is 21.7 Å². The minimum absolute atomic E-state index is 0.154. The standard InChI is InChI=1S/C14H13BrN2O/c1-10-4-2-7-13(17-10)14(18)16-9-11-5-3-6-12(15)8-11/h2-8H,9H2,1H3,(H,16,18). The van der Waals surface area contributed by atoms with Crippen molar-refractivity contribution in [2.45, 2.75) is 13.5 Å². The van der Waals surface area contributed by atoms with Gasteiger partial charge in [-0.1, -0.05) is 34.1 Å². The highest BCUT2D eigenvalue weighted by atomic mass is 79.9. The van der Waals surface area contributed by atoms with Crippen molar-refractivity contribution in [1.82, 2.24) is 10.3 Å². The van der Waals surface area contributed by atoms with Gasteiger partial charge in [-0.15, -0.1) is 0 Å². The fourth-order valence-corrected chi connectivity index (χ4v) is 2.04. The van der Waals surface area contributed by atoms with Crippen LogP contribution >= 0.6 is 15.9 Å². The van der Waals surface area contributed by atoms with Crippen molar-refractivity contribution >= 4 is 21.8 Å². The van der Waals surface area contributed by atoms with Gasteiger partial charge in [-0.3, -0.25) is 4.79 Å². The largest absolute Gasteiger partial charge is 0.347 e. The number of hydrogen-bond acceptors (Lipinski definition) is 2. The van der Waals surface area contributed by atoms with Crippen molar-refractivity contribution in [1.29, 1.82) is 0 Å². The lowest BCUT2D eigenvalue weighted by atomic mass is 10.2. The van der Waals surface area contributed by atoms with Gasteiger partial charge >= 0.3 is 0 Å². The fraction of sp³-hybridized carbons (Fsp3) is 0.143. The minimum atomic E-state index is -0.154. The Morgan fingerprint density at radius 2 is 2.06 bits per heavy atom. The second-order valence-electron chi connectivity index (χ2n) is 3.98. The smallest absolute Gasteiger partial charge is 0.270 e. The van der Waals surface area contributed by atoms with Gasteiger partial charge in [0.2, 0.25) is 0 Å². The van der Waals surface area contributed by atoms with E-state index in [2.05, 4.69) is 26.2 Å². The number of nitrogens with zero attached hydrogens (tertiary/aromatic N) is 1. The van der Waals surface area contributed by atoms with Gasteiger partial charge in [0.25, 0.3) is 5.91 Å². The van der Waals surface area contributed by atoms with Gasteiger partial charge in [-0.25, -0.2) is 4.98 Å². The predicted molar refractivity (Wildman–Crippen MR) is 74.3 cm³/mol. The number of nitrogens with one attached hydrogen (secondary N) is 1. The predicted octanol–water partition coefficient (Wildman–Crippen LogP) is 3.08. The van der Waals surface area contributed by atoms with Crippen LogP contribution in [0.4, 0.5) is 0 Å². The molecule has 0 unspecified atom stereocenters. The molecule has 0 fully saturated rings. The van der Waals surface area contributed by atoms with Crippen molar-refractivity contribution in [3.8, 4) is 0 Å². The summed E-state index contributed by atoms with van der Waals surface area (Å²) in [6.45, 7) is 2.36. The van der Waals surface area contributed by atoms with E-state index in [1.54, 1.807) is 6.07 Å². The topological polar surface area (TPSA) is 42.0 Å². The molecule has 0 spiro atoms. The zero-order valence-electron chi connectivity index (χ0n) is 9.98. The number of carbonyl (C=O) groups is 1. The number of hydrogen-bond donors (Lipinski definition) is 1. The number of aryl methyl sites for hydroxylation is 1. The number of rotatable bonds is 3. The maximum atomic E-state index is 11.9. The molecule has 0 aliphatic heterocycles. The molecular weight excluding hydrogens is 292 g/mol. The second-order valence-corrected chi connectivity index (χ2v) is 4.89. The summed E-state index contributed by atoms with van der Waals surface area (Å²) in [6, 6.07) is 13.2. The third kappa shape index (κ3) is 3.40. The van der Waals surface area contributed by atoms with Crippen LogP contribution in [0, 0.1) is 6.92 Å². The van der Waals surface area contributed by atoms with Gasteiger partial charge in [0.05, 0.1) is 0 Å². The van der Waals surface area contributed by atoms with E-state index >= 15 is 0 Å². The fourth-order valence-electron chi connectivity index (χ4n) is 1.59. The van der Waals surface area contributed by atoms with Crippen LogP contribution in [0.15, 0.2) is 46.9 Å². The maximum absolute atomic E-state index is 11.9. The van der Waals surface area contributed by atoms with Crippen LogP contribution in [0.3, 0.4) is 0 Å². The first-order valence-corrected chi connectivity index (χ1v) is 6.41. The third-order valence-electron chi connectivity index (χ3n) is 2.46. The number of amides is 1. The lowest BCUT2D eigenvalue weighted by Gasteiger charge is -2.05. The van der Waals surface area contributed by atoms with Gasteiger partial charge in [-0.2, -0.15) is 0 Å². The molecule has 18 heavy (non-hydrogen) atoms. The lowest BCUT2D eigenvalue weighted by Crippen LogP contribution is -2.23. The molecule has 1 amide bonds. The van der Waals surface area contributed by atoms with Gasteiger partial charge in [-0.05, 0) is 36.8 Å². The Hall–Kier alpha value is -1.68. The number of aromatic nitrogens is 1. The van der Waals surface area contributed by atoms with E-state index in [0.717, 1.165) is 15.7 Å². The maximum Gasteiger partial charge on any atom is 0.270 e. The quantitative estimate of drug-likeness (QED) is 0.947. The molecule has 2 rings (SSSR count). The van der Waals surface area contributed by atoms with E-state index in [4.69, 9.17) is 0 Å². The summed E-state index contributed by atoms with van der Waals surface area (Å²) in [7, 11) is 0. The Balaban J connectivity index is 2.00. The Labute approximate surface area is 114 Å². The molecule has 0 radical (unpaired) electrons. The highest BCUT2D eigenvalue weighted by Crippen LogP contribution is 2.11.